The highest BCUT2D eigenvalue weighted by molar-refractivity contribution is 9.10. The number of likely N-dealkylation sites (tertiary alicyclic amines) is 1. The normalized spacial score (nSPS) is 18.3. The summed E-state index contributed by atoms with van der Waals surface area (Å²) in [6.45, 7) is 2.57. The molecule has 1 aliphatic heterocycles. The largest absolute Gasteiger partial charge is 0.317 e. The number of halogens is 1. The minimum Gasteiger partial charge on any atom is -0.317 e. The Labute approximate surface area is 129 Å². The molecule has 0 spiro atoms. The highest BCUT2D eigenvalue weighted by atomic mass is 79.9. The van der Waals surface area contributed by atoms with Crippen molar-refractivity contribution in [1.82, 2.24) is 10.2 Å². The molecule has 4 nitrogen and oxygen atoms in total. The maximum atomic E-state index is 12.3. The van der Waals surface area contributed by atoms with Gasteiger partial charge in [0.15, 0.2) is 9.84 Å². The average molecular weight is 361 g/mol. The van der Waals surface area contributed by atoms with E-state index in [1.54, 1.807) is 24.3 Å². The molecule has 1 heterocycles. The first-order valence-electron chi connectivity index (χ1n) is 6.89. The first-order chi connectivity index (χ1) is 9.51. The van der Waals surface area contributed by atoms with Gasteiger partial charge in [0.05, 0.1) is 10.6 Å². The number of rotatable bonds is 5. The van der Waals surface area contributed by atoms with Crippen molar-refractivity contribution in [3.05, 3.63) is 28.7 Å². The lowest BCUT2D eigenvalue weighted by molar-refractivity contribution is 0.211. The standard InChI is InChI=1S/C14H21BrN2O2S/c1-16-13-6-8-17(9-7-13)10-11-20(18,19)14-4-2-12(15)3-5-14/h2-5,13,16H,6-11H2,1H3. The summed E-state index contributed by atoms with van der Waals surface area (Å²) in [6.07, 6.45) is 2.18. The van der Waals surface area contributed by atoms with Gasteiger partial charge in [0.2, 0.25) is 0 Å². The van der Waals surface area contributed by atoms with E-state index in [1.807, 2.05) is 7.05 Å². The fourth-order valence-corrected chi connectivity index (χ4v) is 4.00. The van der Waals surface area contributed by atoms with Crippen LogP contribution in [0.25, 0.3) is 0 Å². The third-order valence-corrected chi connectivity index (χ3v) is 6.08. The Bertz CT molecular complexity index is 523. The average Bonchev–Trinajstić information content (AvgIpc) is 2.46. The minimum absolute atomic E-state index is 0.193. The molecule has 1 saturated heterocycles. The Hall–Kier alpha value is -0.430. The van der Waals surface area contributed by atoms with Crippen LogP contribution in [-0.2, 0) is 9.84 Å². The summed E-state index contributed by atoms with van der Waals surface area (Å²) in [6, 6.07) is 7.44. The first-order valence-corrected chi connectivity index (χ1v) is 9.34. The van der Waals surface area contributed by atoms with E-state index in [1.165, 1.54) is 0 Å². The second-order valence-corrected chi connectivity index (χ2v) is 8.20. The van der Waals surface area contributed by atoms with Crippen LogP contribution in [0.1, 0.15) is 12.8 Å². The number of hydrogen-bond donors (Lipinski definition) is 1. The molecule has 20 heavy (non-hydrogen) atoms. The molecule has 2 rings (SSSR count). The van der Waals surface area contributed by atoms with Crippen molar-refractivity contribution in [2.45, 2.75) is 23.8 Å². The van der Waals surface area contributed by atoms with E-state index in [0.29, 0.717) is 17.5 Å². The van der Waals surface area contributed by atoms with E-state index in [4.69, 9.17) is 0 Å². The van der Waals surface area contributed by atoms with Gasteiger partial charge in [-0.05, 0) is 57.2 Å². The van der Waals surface area contributed by atoms with E-state index in [9.17, 15) is 8.42 Å². The van der Waals surface area contributed by atoms with E-state index < -0.39 is 9.84 Å². The lowest BCUT2D eigenvalue weighted by atomic mass is 10.1. The smallest absolute Gasteiger partial charge is 0.179 e. The number of hydrogen-bond acceptors (Lipinski definition) is 4. The van der Waals surface area contributed by atoms with Crippen molar-refractivity contribution in [1.29, 1.82) is 0 Å². The number of piperidine rings is 1. The van der Waals surface area contributed by atoms with Gasteiger partial charge < -0.3 is 10.2 Å². The molecule has 0 aromatic heterocycles. The van der Waals surface area contributed by atoms with Gasteiger partial charge in [-0.15, -0.1) is 0 Å². The van der Waals surface area contributed by atoms with Crippen molar-refractivity contribution >= 4 is 25.8 Å². The zero-order valence-corrected chi connectivity index (χ0v) is 14.1. The van der Waals surface area contributed by atoms with Gasteiger partial charge in [-0.3, -0.25) is 0 Å². The number of nitrogens with zero attached hydrogens (tertiary/aromatic N) is 1. The predicted molar refractivity (Wildman–Crippen MR) is 84.7 cm³/mol. The van der Waals surface area contributed by atoms with Crippen LogP contribution in [0.5, 0.6) is 0 Å². The third-order valence-electron chi connectivity index (χ3n) is 3.84. The number of benzene rings is 1. The molecule has 0 unspecified atom stereocenters. The molecule has 1 fully saturated rings. The summed E-state index contributed by atoms with van der Waals surface area (Å²) in [7, 11) is -1.19. The monoisotopic (exact) mass is 360 g/mol. The van der Waals surface area contributed by atoms with E-state index >= 15 is 0 Å². The fraction of sp³-hybridized carbons (Fsp3) is 0.571. The van der Waals surface area contributed by atoms with Gasteiger partial charge in [-0.1, -0.05) is 15.9 Å². The zero-order chi connectivity index (χ0) is 14.6. The molecule has 0 saturated carbocycles. The van der Waals surface area contributed by atoms with E-state index in [0.717, 1.165) is 30.4 Å². The molecular formula is C14H21BrN2O2S. The molecule has 0 radical (unpaired) electrons. The van der Waals surface area contributed by atoms with Crippen LogP contribution >= 0.6 is 15.9 Å². The Morgan fingerprint density at radius 1 is 1.25 bits per heavy atom. The van der Waals surface area contributed by atoms with Crippen LogP contribution in [0.15, 0.2) is 33.6 Å². The van der Waals surface area contributed by atoms with Crippen LogP contribution in [0.3, 0.4) is 0 Å². The zero-order valence-electron chi connectivity index (χ0n) is 11.7. The summed E-state index contributed by atoms with van der Waals surface area (Å²) in [5.41, 5.74) is 0. The molecule has 112 valence electrons. The molecular weight excluding hydrogens is 340 g/mol. The highest BCUT2D eigenvalue weighted by Gasteiger charge is 2.20. The Kier molecular flexibility index (Phi) is 5.60. The molecule has 0 atom stereocenters. The summed E-state index contributed by atoms with van der Waals surface area (Å²) >= 11 is 3.32. The van der Waals surface area contributed by atoms with Crippen LogP contribution in [-0.4, -0.2) is 51.8 Å². The highest BCUT2D eigenvalue weighted by Crippen LogP contribution is 2.17. The summed E-state index contributed by atoms with van der Waals surface area (Å²) in [4.78, 5) is 2.65. The minimum atomic E-state index is -3.17. The number of nitrogens with one attached hydrogen (secondary N) is 1. The van der Waals surface area contributed by atoms with E-state index in [-0.39, 0.29) is 5.75 Å². The lowest BCUT2D eigenvalue weighted by Gasteiger charge is -2.31. The Morgan fingerprint density at radius 3 is 2.40 bits per heavy atom. The molecule has 1 N–H and O–H groups in total. The van der Waals surface area contributed by atoms with Gasteiger partial charge in [0.25, 0.3) is 0 Å². The molecule has 1 aliphatic rings. The summed E-state index contributed by atoms with van der Waals surface area (Å²) in [5.74, 6) is 0.193. The maximum Gasteiger partial charge on any atom is 0.179 e. The van der Waals surface area contributed by atoms with Gasteiger partial charge in [0.1, 0.15) is 0 Å². The summed E-state index contributed by atoms with van der Waals surface area (Å²) < 4.78 is 25.4. The molecule has 0 amide bonds. The van der Waals surface area contributed by atoms with Crippen molar-refractivity contribution < 1.29 is 8.42 Å². The van der Waals surface area contributed by atoms with Crippen LogP contribution in [0, 0.1) is 0 Å². The van der Waals surface area contributed by atoms with Crippen LogP contribution in [0.2, 0.25) is 0 Å². The second kappa shape index (κ2) is 7.02. The quantitative estimate of drug-likeness (QED) is 0.871. The van der Waals surface area contributed by atoms with Gasteiger partial charge in [-0.25, -0.2) is 8.42 Å². The first kappa shape index (κ1) is 15.9. The van der Waals surface area contributed by atoms with Crippen LogP contribution in [0.4, 0.5) is 0 Å². The van der Waals surface area contributed by atoms with Crippen molar-refractivity contribution in [3.8, 4) is 0 Å². The maximum absolute atomic E-state index is 12.3. The molecule has 6 heteroatoms. The Morgan fingerprint density at radius 2 is 1.85 bits per heavy atom. The predicted octanol–water partition coefficient (Wildman–Crippen LogP) is 1.91. The van der Waals surface area contributed by atoms with Crippen LogP contribution < -0.4 is 5.32 Å². The van der Waals surface area contributed by atoms with Gasteiger partial charge >= 0.3 is 0 Å². The molecule has 0 aliphatic carbocycles. The Balaban J connectivity index is 1.88. The third kappa shape index (κ3) is 4.28. The fourth-order valence-electron chi connectivity index (χ4n) is 2.45. The van der Waals surface area contributed by atoms with Crippen molar-refractivity contribution in [2.75, 3.05) is 32.4 Å². The second-order valence-electron chi connectivity index (χ2n) is 5.18. The molecule has 1 aromatic rings. The van der Waals surface area contributed by atoms with Crippen molar-refractivity contribution in [3.63, 3.8) is 0 Å². The number of sulfone groups is 1. The van der Waals surface area contributed by atoms with Gasteiger partial charge in [0, 0.05) is 17.1 Å². The van der Waals surface area contributed by atoms with Gasteiger partial charge in [-0.2, -0.15) is 0 Å². The molecule has 0 bridgehead atoms. The summed E-state index contributed by atoms with van der Waals surface area (Å²) in [5, 5.41) is 3.28. The molecule has 1 aromatic carbocycles. The van der Waals surface area contributed by atoms with Crippen molar-refractivity contribution in [2.24, 2.45) is 0 Å². The lowest BCUT2D eigenvalue weighted by Crippen LogP contribution is -2.42. The van der Waals surface area contributed by atoms with E-state index in [2.05, 4.69) is 26.1 Å². The topological polar surface area (TPSA) is 49.4 Å². The SMILES string of the molecule is CNC1CCN(CCS(=O)(=O)c2ccc(Br)cc2)CC1.